The van der Waals surface area contributed by atoms with E-state index in [0.717, 1.165) is 0 Å². The molecule has 3 nitrogen and oxygen atoms in total. The standard InChI is InChI=1S/C10H8F2N2OS/c1-16-7-3-2-5(11)9(10(7)12)6-4-8(13)15-14-6/h2-4H,13H2,1H3. The van der Waals surface area contributed by atoms with Crippen molar-refractivity contribution >= 4 is 17.6 Å². The van der Waals surface area contributed by atoms with Crippen LogP contribution in [-0.4, -0.2) is 11.4 Å². The molecule has 2 N–H and O–H groups in total. The maximum atomic E-state index is 13.8. The molecule has 0 amide bonds. The average molecular weight is 242 g/mol. The van der Waals surface area contributed by atoms with E-state index in [0.29, 0.717) is 4.90 Å². The summed E-state index contributed by atoms with van der Waals surface area (Å²) in [5.41, 5.74) is 5.15. The minimum atomic E-state index is -0.691. The number of thioether (sulfide) groups is 1. The monoisotopic (exact) mass is 242 g/mol. The van der Waals surface area contributed by atoms with Crippen molar-refractivity contribution in [1.29, 1.82) is 0 Å². The molecule has 0 saturated carbocycles. The largest absolute Gasteiger partial charge is 0.368 e. The van der Waals surface area contributed by atoms with Crippen molar-refractivity contribution in [1.82, 2.24) is 5.16 Å². The zero-order chi connectivity index (χ0) is 11.7. The molecule has 1 heterocycles. The van der Waals surface area contributed by atoms with Crippen molar-refractivity contribution in [3.8, 4) is 11.3 Å². The molecule has 0 spiro atoms. The fraction of sp³-hybridized carbons (Fsp3) is 0.100. The Hall–Kier alpha value is -1.56. The number of nitrogens with zero attached hydrogens (tertiary/aromatic N) is 1. The van der Waals surface area contributed by atoms with E-state index < -0.39 is 11.6 Å². The summed E-state index contributed by atoms with van der Waals surface area (Å²) in [6.45, 7) is 0. The number of aromatic nitrogens is 1. The summed E-state index contributed by atoms with van der Waals surface area (Å²) < 4.78 is 31.9. The van der Waals surface area contributed by atoms with Crippen molar-refractivity contribution in [2.24, 2.45) is 0 Å². The molecule has 0 radical (unpaired) electrons. The van der Waals surface area contributed by atoms with Gasteiger partial charge in [-0.05, 0) is 18.4 Å². The summed E-state index contributed by atoms with van der Waals surface area (Å²) in [7, 11) is 0. The van der Waals surface area contributed by atoms with Gasteiger partial charge in [-0.3, -0.25) is 0 Å². The number of rotatable bonds is 2. The number of halogens is 2. The van der Waals surface area contributed by atoms with Gasteiger partial charge in [0, 0.05) is 11.0 Å². The number of nitrogen functional groups attached to an aromatic ring is 1. The third-order valence-electron chi connectivity index (χ3n) is 2.06. The lowest BCUT2D eigenvalue weighted by molar-refractivity contribution is 0.437. The third kappa shape index (κ3) is 1.76. The molecule has 0 unspecified atom stereocenters. The molecule has 6 heteroatoms. The zero-order valence-electron chi connectivity index (χ0n) is 8.33. The van der Waals surface area contributed by atoms with E-state index >= 15 is 0 Å². The Balaban J connectivity index is 2.63. The third-order valence-corrected chi connectivity index (χ3v) is 2.82. The van der Waals surface area contributed by atoms with Crippen molar-refractivity contribution in [3.05, 3.63) is 29.8 Å². The highest BCUT2D eigenvalue weighted by Gasteiger charge is 2.18. The number of hydrogen-bond donors (Lipinski definition) is 1. The van der Waals surface area contributed by atoms with Crippen LogP contribution in [0.25, 0.3) is 11.3 Å². The fourth-order valence-corrected chi connectivity index (χ4v) is 1.82. The van der Waals surface area contributed by atoms with E-state index in [4.69, 9.17) is 5.73 Å². The Kier molecular flexibility index (Phi) is 2.82. The normalized spacial score (nSPS) is 10.7. The molecule has 0 aliphatic rings. The van der Waals surface area contributed by atoms with Crippen LogP contribution in [-0.2, 0) is 0 Å². The van der Waals surface area contributed by atoms with Crippen LogP contribution in [0, 0.1) is 11.6 Å². The maximum absolute atomic E-state index is 13.8. The molecule has 1 aromatic carbocycles. The quantitative estimate of drug-likeness (QED) is 0.822. The first-order valence-electron chi connectivity index (χ1n) is 4.38. The Bertz CT molecular complexity index is 528. The van der Waals surface area contributed by atoms with Gasteiger partial charge in [-0.1, -0.05) is 5.16 Å². The minimum absolute atomic E-state index is 0.0170. The highest BCUT2D eigenvalue weighted by Crippen LogP contribution is 2.31. The number of benzene rings is 1. The van der Waals surface area contributed by atoms with Gasteiger partial charge in [0.05, 0.1) is 5.56 Å². The van der Waals surface area contributed by atoms with Crippen LogP contribution in [0.15, 0.2) is 27.6 Å². The lowest BCUT2D eigenvalue weighted by Crippen LogP contribution is -1.92. The van der Waals surface area contributed by atoms with Crippen LogP contribution in [0.3, 0.4) is 0 Å². The molecule has 0 bridgehead atoms. The molecule has 2 aromatic rings. The topological polar surface area (TPSA) is 52.0 Å². The number of nitrogens with two attached hydrogens (primary N) is 1. The molecule has 0 aliphatic carbocycles. The average Bonchev–Trinajstić information content (AvgIpc) is 2.65. The van der Waals surface area contributed by atoms with Crippen molar-refractivity contribution < 1.29 is 13.3 Å². The van der Waals surface area contributed by atoms with Gasteiger partial charge in [-0.15, -0.1) is 11.8 Å². The Labute approximate surface area is 94.6 Å². The fourth-order valence-electron chi connectivity index (χ4n) is 1.33. The maximum Gasteiger partial charge on any atom is 0.222 e. The lowest BCUT2D eigenvalue weighted by atomic mass is 10.1. The van der Waals surface area contributed by atoms with Crippen molar-refractivity contribution in [2.45, 2.75) is 4.90 Å². The molecule has 2 rings (SSSR count). The van der Waals surface area contributed by atoms with Crippen LogP contribution in [0.1, 0.15) is 0 Å². The Morgan fingerprint density at radius 3 is 2.69 bits per heavy atom. The predicted molar refractivity (Wildman–Crippen MR) is 58.0 cm³/mol. The van der Waals surface area contributed by atoms with Gasteiger partial charge in [-0.25, -0.2) is 8.78 Å². The lowest BCUT2D eigenvalue weighted by Gasteiger charge is -2.04. The molecule has 16 heavy (non-hydrogen) atoms. The molecular weight excluding hydrogens is 234 g/mol. The first-order chi connectivity index (χ1) is 7.63. The molecule has 0 saturated heterocycles. The van der Waals surface area contributed by atoms with Gasteiger partial charge in [0.15, 0.2) is 0 Å². The SMILES string of the molecule is CSc1ccc(F)c(-c2cc(N)on2)c1F. The summed E-state index contributed by atoms with van der Waals surface area (Å²) in [4.78, 5) is 0.345. The van der Waals surface area contributed by atoms with E-state index in [2.05, 4.69) is 9.68 Å². The smallest absolute Gasteiger partial charge is 0.222 e. The van der Waals surface area contributed by atoms with Gasteiger partial charge < -0.3 is 10.3 Å². The van der Waals surface area contributed by atoms with Crippen molar-refractivity contribution in [3.63, 3.8) is 0 Å². The molecular formula is C10H8F2N2OS. The van der Waals surface area contributed by atoms with Gasteiger partial charge >= 0.3 is 0 Å². The summed E-state index contributed by atoms with van der Waals surface area (Å²) in [5, 5.41) is 3.49. The second-order valence-corrected chi connectivity index (χ2v) is 3.90. The van der Waals surface area contributed by atoms with Gasteiger partial charge in [0.1, 0.15) is 17.3 Å². The Morgan fingerprint density at radius 2 is 2.12 bits per heavy atom. The van der Waals surface area contributed by atoms with Gasteiger partial charge in [-0.2, -0.15) is 0 Å². The van der Waals surface area contributed by atoms with E-state index in [1.54, 1.807) is 6.26 Å². The van der Waals surface area contributed by atoms with Crippen LogP contribution in [0.5, 0.6) is 0 Å². The summed E-state index contributed by atoms with van der Waals surface area (Å²) in [5.74, 6) is -1.33. The summed E-state index contributed by atoms with van der Waals surface area (Å²) in [6, 6.07) is 3.85. The van der Waals surface area contributed by atoms with E-state index in [-0.39, 0.29) is 17.1 Å². The first kappa shape index (κ1) is 10.9. The second kappa shape index (κ2) is 4.13. The van der Waals surface area contributed by atoms with E-state index in [1.165, 1.54) is 30.0 Å². The number of hydrogen-bond acceptors (Lipinski definition) is 4. The highest BCUT2D eigenvalue weighted by atomic mass is 32.2. The molecule has 0 aliphatic heterocycles. The van der Waals surface area contributed by atoms with Gasteiger partial charge in [0.2, 0.25) is 5.88 Å². The molecule has 0 fully saturated rings. The van der Waals surface area contributed by atoms with Crippen LogP contribution >= 0.6 is 11.8 Å². The summed E-state index contributed by atoms with van der Waals surface area (Å²) >= 11 is 1.19. The molecule has 1 aromatic heterocycles. The molecule has 84 valence electrons. The summed E-state index contributed by atoms with van der Waals surface area (Å²) in [6.07, 6.45) is 1.71. The van der Waals surface area contributed by atoms with Gasteiger partial charge in [0.25, 0.3) is 0 Å². The second-order valence-electron chi connectivity index (χ2n) is 3.05. The van der Waals surface area contributed by atoms with E-state index in [1.807, 2.05) is 0 Å². The van der Waals surface area contributed by atoms with Crippen LogP contribution in [0.4, 0.5) is 14.7 Å². The zero-order valence-corrected chi connectivity index (χ0v) is 9.15. The van der Waals surface area contributed by atoms with Crippen LogP contribution < -0.4 is 5.73 Å². The molecule has 0 atom stereocenters. The number of anilines is 1. The van der Waals surface area contributed by atoms with Crippen LogP contribution in [0.2, 0.25) is 0 Å². The van der Waals surface area contributed by atoms with E-state index in [9.17, 15) is 8.78 Å². The van der Waals surface area contributed by atoms with Crippen molar-refractivity contribution in [2.75, 3.05) is 12.0 Å². The predicted octanol–water partition coefficient (Wildman–Crippen LogP) is 2.92. The first-order valence-corrected chi connectivity index (χ1v) is 5.60. The minimum Gasteiger partial charge on any atom is -0.368 e. The Morgan fingerprint density at radius 1 is 1.38 bits per heavy atom. The highest BCUT2D eigenvalue weighted by molar-refractivity contribution is 7.98.